The number of rotatable bonds is 5. The summed E-state index contributed by atoms with van der Waals surface area (Å²) < 4.78 is 4.74. The quantitative estimate of drug-likeness (QED) is 0.886. The van der Waals surface area contributed by atoms with Crippen molar-refractivity contribution < 1.29 is 19.4 Å². The second-order valence-corrected chi connectivity index (χ2v) is 5.99. The third-order valence-corrected chi connectivity index (χ3v) is 4.44. The number of carboxylic acids is 1. The van der Waals surface area contributed by atoms with E-state index in [9.17, 15) is 14.7 Å². The number of carboxylic acid groups (broad SMARTS) is 1. The fraction of sp³-hybridized carbons (Fsp3) is 0.250. The number of ether oxygens (including phenoxy) is 1. The lowest BCUT2D eigenvalue weighted by Crippen LogP contribution is -2.18. The van der Waals surface area contributed by atoms with E-state index in [-0.39, 0.29) is 17.4 Å². The predicted octanol–water partition coefficient (Wildman–Crippen LogP) is 3.32. The molecule has 2 N–H and O–H groups in total. The summed E-state index contributed by atoms with van der Waals surface area (Å²) in [6.07, 6.45) is 0. The van der Waals surface area contributed by atoms with Gasteiger partial charge in [0.25, 0.3) is 0 Å². The summed E-state index contributed by atoms with van der Waals surface area (Å²) in [4.78, 5) is 23.9. The molecule has 2 aromatic rings. The van der Waals surface area contributed by atoms with E-state index in [4.69, 9.17) is 4.74 Å². The van der Waals surface area contributed by atoms with Crippen LogP contribution in [-0.4, -0.2) is 30.7 Å². The van der Waals surface area contributed by atoms with E-state index < -0.39 is 5.97 Å². The summed E-state index contributed by atoms with van der Waals surface area (Å²) in [6.45, 7) is 3.91. The second kappa shape index (κ2) is 6.72. The minimum Gasteiger partial charge on any atom is -0.477 e. The molecule has 0 unspecified atom stereocenters. The maximum Gasteiger partial charge on any atom is 0.348 e. The molecule has 0 bridgehead atoms. The van der Waals surface area contributed by atoms with Gasteiger partial charge in [-0.2, -0.15) is 0 Å². The Bertz CT molecular complexity index is 721. The van der Waals surface area contributed by atoms with Crippen LogP contribution in [0.5, 0.6) is 0 Å². The average molecular weight is 319 g/mol. The number of aromatic carboxylic acids is 1. The average Bonchev–Trinajstić information content (AvgIpc) is 2.86. The van der Waals surface area contributed by atoms with Crippen molar-refractivity contribution in [3.05, 3.63) is 40.3 Å². The SMILES string of the molecule is COCC(=O)Nc1cc(-c2ccc(C)c(C)c2)sc1C(=O)O. The Morgan fingerprint density at radius 3 is 2.55 bits per heavy atom. The topological polar surface area (TPSA) is 75.6 Å². The Morgan fingerprint density at radius 1 is 1.23 bits per heavy atom. The monoisotopic (exact) mass is 319 g/mol. The number of hydrogen-bond acceptors (Lipinski definition) is 4. The van der Waals surface area contributed by atoms with E-state index >= 15 is 0 Å². The molecule has 1 aromatic carbocycles. The van der Waals surface area contributed by atoms with Gasteiger partial charge >= 0.3 is 5.97 Å². The Balaban J connectivity index is 2.39. The van der Waals surface area contributed by atoms with Gasteiger partial charge in [-0.25, -0.2) is 4.79 Å². The standard InChI is InChI=1S/C16H17NO4S/c1-9-4-5-11(6-10(9)2)13-7-12(15(22-13)16(19)20)17-14(18)8-21-3/h4-7H,8H2,1-3H3,(H,17,18)(H,19,20). The van der Waals surface area contributed by atoms with Crippen LogP contribution < -0.4 is 5.32 Å². The first-order chi connectivity index (χ1) is 10.4. The predicted molar refractivity (Wildman–Crippen MR) is 86.7 cm³/mol. The maximum atomic E-state index is 11.6. The minimum absolute atomic E-state index is 0.109. The lowest BCUT2D eigenvalue weighted by Gasteiger charge is -2.03. The van der Waals surface area contributed by atoms with Crippen LogP contribution in [0.15, 0.2) is 24.3 Å². The molecule has 22 heavy (non-hydrogen) atoms. The number of nitrogens with one attached hydrogen (secondary N) is 1. The van der Waals surface area contributed by atoms with Crippen molar-refractivity contribution >= 4 is 28.9 Å². The van der Waals surface area contributed by atoms with E-state index in [1.807, 2.05) is 32.0 Å². The summed E-state index contributed by atoms with van der Waals surface area (Å²) in [5.74, 6) is -1.44. The van der Waals surface area contributed by atoms with Crippen LogP contribution in [-0.2, 0) is 9.53 Å². The molecule has 116 valence electrons. The number of amides is 1. The van der Waals surface area contributed by atoms with E-state index in [2.05, 4.69) is 5.32 Å². The molecule has 1 amide bonds. The van der Waals surface area contributed by atoms with Gasteiger partial charge in [-0.3, -0.25) is 4.79 Å². The van der Waals surface area contributed by atoms with Crippen molar-refractivity contribution in [2.45, 2.75) is 13.8 Å². The second-order valence-electron chi connectivity index (χ2n) is 4.94. The van der Waals surface area contributed by atoms with Gasteiger partial charge in [0.2, 0.25) is 5.91 Å². The Labute approximate surface area is 132 Å². The van der Waals surface area contributed by atoms with E-state index in [0.29, 0.717) is 5.69 Å². The normalized spacial score (nSPS) is 10.5. The van der Waals surface area contributed by atoms with Crippen molar-refractivity contribution in [2.75, 3.05) is 19.0 Å². The maximum absolute atomic E-state index is 11.6. The molecular weight excluding hydrogens is 302 g/mol. The lowest BCUT2D eigenvalue weighted by molar-refractivity contribution is -0.119. The molecule has 1 aromatic heterocycles. The van der Waals surface area contributed by atoms with Crippen molar-refractivity contribution in [1.82, 2.24) is 0 Å². The number of thiophene rings is 1. The molecular formula is C16H17NO4S. The fourth-order valence-corrected chi connectivity index (χ4v) is 2.95. The summed E-state index contributed by atoms with van der Waals surface area (Å²) >= 11 is 1.14. The third-order valence-electron chi connectivity index (χ3n) is 3.27. The molecule has 0 saturated heterocycles. The highest BCUT2D eigenvalue weighted by Crippen LogP contribution is 2.35. The number of hydrogen-bond donors (Lipinski definition) is 2. The van der Waals surface area contributed by atoms with Crippen LogP contribution in [0.25, 0.3) is 10.4 Å². The molecule has 0 aliphatic carbocycles. The van der Waals surface area contributed by atoms with Gasteiger partial charge in [0, 0.05) is 12.0 Å². The lowest BCUT2D eigenvalue weighted by atomic mass is 10.1. The van der Waals surface area contributed by atoms with Gasteiger partial charge in [0.1, 0.15) is 11.5 Å². The molecule has 0 radical (unpaired) electrons. The van der Waals surface area contributed by atoms with E-state index in [1.165, 1.54) is 12.7 Å². The first-order valence-electron chi connectivity index (χ1n) is 6.66. The van der Waals surface area contributed by atoms with Crippen LogP contribution in [0.4, 0.5) is 5.69 Å². The van der Waals surface area contributed by atoms with Crippen molar-refractivity contribution in [3.63, 3.8) is 0 Å². The van der Waals surface area contributed by atoms with Crippen molar-refractivity contribution in [2.24, 2.45) is 0 Å². The van der Waals surface area contributed by atoms with Gasteiger partial charge in [-0.05, 0) is 36.6 Å². The summed E-state index contributed by atoms with van der Waals surface area (Å²) in [6, 6.07) is 7.63. The highest BCUT2D eigenvalue weighted by molar-refractivity contribution is 7.18. The van der Waals surface area contributed by atoms with Gasteiger partial charge in [0.15, 0.2) is 0 Å². The molecule has 1 heterocycles. The molecule has 0 aliphatic rings. The number of anilines is 1. The zero-order valence-corrected chi connectivity index (χ0v) is 13.4. The number of carbonyl (C=O) groups excluding carboxylic acids is 1. The third kappa shape index (κ3) is 3.52. The fourth-order valence-electron chi connectivity index (χ4n) is 2.00. The van der Waals surface area contributed by atoms with Crippen LogP contribution in [0.3, 0.4) is 0 Å². The zero-order chi connectivity index (χ0) is 16.3. The zero-order valence-electron chi connectivity index (χ0n) is 12.6. The number of methoxy groups -OCH3 is 1. The van der Waals surface area contributed by atoms with E-state index in [1.54, 1.807) is 6.07 Å². The van der Waals surface area contributed by atoms with Crippen LogP contribution >= 0.6 is 11.3 Å². The van der Waals surface area contributed by atoms with E-state index in [0.717, 1.165) is 27.3 Å². The molecule has 0 saturated carbocycles. The van der Waals surface area contributed by atoms with Crippen LogP contribution in [0.2, 0.25) is 0 Å². The number of aryl methyl sites for hydroxylation is 2. The number of benzene rings is 1. The first kappa shape index (κ1) is 16.2. The van der Waals surface area contributed by atoms with Crippen molar-refractivity contribution in [3.8, 4) is 10.4 Å². The van der Waals surface area contributed by atoms with Gasteiger partial charge in [-0.15, -0.1) is 11.3 Å². The molecule has 6 heteroatoms. The molecule has 0 fully saturated rings. The van der Waals surface area contributed by atoms with Crippen LogP contribution in [0.1, 0.15) is 20.8 Å². The Kier molecular flexibility index (Phi) is 4.95. The molecule has 0 aliphatic heterocycles. The molecule has 0 spiro atoms. The minimum atomic E-state index is -1.06. The largest absolute Gasteiger partial charge is 0.477 e. The summed E-state index contributed by atoms with van der Waals surface area (Å²) in [5.41, 5.74) is 3.54. The van der Waals surface area contributed by atoms with Crippen molar-refractivity contribution in [1.29, 1.82) is 0 Å². The first-order valence-corrected chi connectivity index (χ1v) is 7.47. The van der Waals surface area contributed by atoms with Crippen LogP contribution in [0, 0.1) is 13.8 Å². The van der Waals surface area contributed by atoms with Gasteiger partial charge < -0.3 is 15.2 Å². The smallest absolute Gasteiger partial charge is 0.348 e. The Hall–Kier alpha value is -2.18. The van der Waals surface area contributed by atoms with Gasteiger partial charge in [0.05, 0.1) is 5.69 Å². The molecule has 0 atom stereocenters. The highest BCUT2D eigenvalue weighted by atomic mass is 32.1. The highest BCUT2D eigenvalue weighted by Gasteiger charge is 2.18. The summed E-state index contributed by atoms with van der Waals surface area (Å²) in [7, 11) is 1.41. The summed E-state index contributed by atoms with van der Waals surface area (Å²) in [5, 5.41) is 11.9. The number of carbonyl (C=O) groups is 2. The molecule has 2 rings (SSSR count). The molecule has 5 nitrogen and oxygen atoms in total. The Morgan fingerprint density at radius 2 is 1.95 bits per heavy atom. The van der Waals surface area contributed by atoms with Gasteiger partial charge in [-0.1, -0.05) is 18.2 Å².